The van der Waals surface area contributed by atoms with E-state index in [-0.39, 0.29) is 17.3 Å². The number of amides is 1. The number of rotatable bonds is 5. The van der Waals surface area contributed by atoms with Crippen molar-refractivity contribution >= 4 is 21.6 Å². The first-order chi connectivity index (χ1) is 11.8. The Morgan fingerprint density at radius 1 is 1.36 bits per heavy atom. The number of nitrogens with one attached hydrogen (secondary N) is 2. The molecule has 2 heterocycles. The van der Waals surface area contributed by atoms with Crippen molar-refractivity contribution < 1.29 is 17.9 Å². The van der Waals surface area contributed by atoms with Gasteiger partial charge in [0.1, 0.15) is 17.4 Å². The average molecular weight is 365 g/mol. The number of aryl methyl sites for hydroxylation is 2. The third-order valence-electron chi connectivity index (χ3n) is 3.77. The number of fused-ring (bicyclic) bond motifs is 1. The Kier molecular flexibility index (Phi) is 4.48. The van der Waals surface area contributed by atoms with E-state index in [0.29, 0.717) is 23.8 Å². The molecule has 0 saturated carbocycles. The van der Waals surface area contributed by atoms with Gasteiger partial charge in [0.05, 0.1) is 17.1 Å². The van der Waals surface area contributed by atoms with Gasteiger partial charge < -0.3 is 10.1 Å². The van der Waals surface area contributed by atoms with Gasteiger partial charge in [0.15, 0.2) is 6.10 Å². The van der Waals surface area contributed by atoms with Crippen molar-refractivity contribution in [3.8, 4) is 5.75 Å². The van der Waals surface area contributed by atoms with E-state index < -0.39 is 16.1 Å². The molecule has 1 atom stereocenters. The number of aromatic nitrogens is 3. The van der Waals surface area contributed by atoms with Crippen LogP contribution in [-0.4, -0.2) is 41.7 Å². The molecule has 3 rings (SSSR count). The number of hydrogen-bond donors (Lipinski definition) is 2. The van der Waals surface area contributed by atoms with Crippen molar-refractivity contribution in [2.24, 2.45) is 0 Å². The highest BCUT2D eigenvalue weighted by Gasteiger charge is 2.25. The van der Waals surface area contributed by atoms with Gasteiger partial charge in [0.2, 0.25) is 10.0 Å². The van der Waals surface area contributed by atoms with E-state index in [1.807, 2.05) is 6.92 Å². The van der Waals surface area contributed by atoms with Gasteiger partial charge in [0, 0.05) is 6.54 Å². The van der Waals surface area contributed by atoms with E-state index in [0.717, 1.165) is 5.82 Å². The molecular weight excluding hydrogens is 346 g/mol. The van der Waals surface area contributed by atoms with Gasteiger partial charge in [-0.3, -0.25) is 4.79 Å². The van der Waals surface area contributed by atoms with Gasteiger partial charge >= 0.3 is 0 Å². The first-order valence-electron chi connectivity index (χ1n) is 7.75. The molecule has 1 aromatic heterocycles. The van der Waals surface area contributed by atoms with Crippen LogP contribution in [0.2, 0.25) is 0 Å². The molecule has 1 amide bonds. The second-order valence-electron chi connectivity index (χ2n) is 5.73. The molecule has 1 aliphatic rings. The lowest BCUT2D eigenvalue weighted by Crippen LogP contribution is -2.34. The van der Waals surface area contributed by atoms with Crippen molar-refractivity contribution in [1.29, 1.82) is 0 Å². The summed E-state index contributed by atoms with van der Waals surface area (Å²) in [5.74, 6) is 1.49. The van der Waals surface area contributed by atoms with E-state index in [1.165, 1.54) is 18.2 Å². The number of sulfonamides is 1. The Hall–Kier alpha value is -2.46. The van der Waals surface area contributed by atoms with Crippen LogP contribution in [0.3, 0.4) is 0 Å². The summed E-state index contributed by atoms with van der Waals surface area (Å²) in [6.07, 6.45) is -0.609. The molecule has 9 nitrogen and oxygen atoms in total. The maximum Gasteiger partial charge on any atom is 0.265 e. The number of nitrogens with zero attached hydrogens (tertiary/aromatic N) is 3. The average Bonchev–Trinajstić information content (AvgIpc) is 2.85. The van der Waals surface area contributed by atoms with Crippen LogP contribution >= 0.6 is 0 Å². The third kappa shape index (κ3) is 3.64. The maximum absolute atomic E-state index is 12.4. The molecule has 25 heavy (non-hydrogen) atoms. The van der Waals surface area contributed by atoms with Gasteiger partial charge in [-0.15, -0.1) is 0 Å². The van der Waals surface area contributed by atoms with Crippen LogP contribution in [0.25, 0.3) is 0 Å². The quantitative estimate of drug-likeness (QED) is 0.801. The smallest absolute Gasteiger partial charge is 0.265 e. The monoisotopic (exact) mass is 365 g/mol. The second kappa shape index (κ2) is 6.45. The van der Waals surface area contributed by atoms with Crippen LogP contribution in [0.4, 0.5) is 5.69 Å². The third-order valence-corrected chi connectivity index (χ3v) is 5.23. The molecule has 2 N–H and O–H groups in total. The predicted octanol–water partition coefficient (Wildman–Crippen LogP) is 0.593. The summed E-state index contributed by atoms with van der Waals surface area (Å²) in [7, 11) is -3.72. The van der Waals surface area contributed by atoms with Crippen LogP contribution in [0.5, 0.6) is 5.75 Å². The zero-order valence-electron chi connectivity index (χ0n) is 14.1. The summed E-state index contributed by atoms with van der Waals surface area (Å²) in [4.78, 5) is 15.9. The van der Waals surface area contributed by atoms with Gasteiger partial charge in [-0.25, -0.2) is 22.8 Å². The number of benzene rings is 1. The van der Waals surface area contributed by atoms with E-state index in [1.54, 1.807) is 18.5 Å². The summed E-state index contributed by atoms with van der Waals surface area (Å²) >= 11 is 0. The fraction of sp³-hybridized carbons (Fsp3) is 0.400. The number of carbonyl (C=O) groups excluding carboxylic acids is 1. The second-order valence-corrected chi connectivity index (χ2v) is 7.50. The Morgan fingerprint density at radius 3 is 2.80 bits per heavy atom. The lowest BCUT2D eigenvalue weighted by molar-refractivity contribution is -0.122. The van der Waals surface area contributed by atoms with E-state index >= 15 is 0 Å². The van der Waals surface area contributed by atoms with Crippen molar-refractivity contribution in [3.05, 3.63) is 29.8 Å². The fourth-order valence-electron chi connectivity index (χ4n) is 2.50. The van der Waals surface area contributed by atoms with Gasteiger partial charge in [-0.1, -0.05) is 0 Å². The molecular formula is C15H19N5O4S. The van der Waals surface area contributed by atoms with E-state index in [4.69, 9.17) is 4.74 Å². The summed E-state index contributed by atoms with van der Waals surface area (Å²) < 4.78 is 34.4. The Balaban J connectivity index is 1.71. The van der Waals surface area contributed by atoms with Crippen LogP contribution < -0.4 is 14.8 Å². The molecule has 134 valence electrons. The minimum atomic E-state index is -3.72. The molecule has 0 saturated heterocycles. The van der Waals surface area contributed by atoms with Gasteiger partial charge in [0.25, 0.3) is 5.91 Å². The molecule has 1 unspecified atom stereocenters. The Morgan fingerprint density at radius 2 is 2.12 bits per heavy atom. The number of ether oxygens (including phenoxy) is 1. The molecule has 0 bridgehead atoms. The Bertz CT molecular complexity index is 922. The highest BCUT2D eigenvalue weighted by atomic mass is 32.2. The molecule has 0 fully saturated rings. The summed E-state index contributed by atoms with van der Waals surface area (Å²) in [6, 6.07) is 4.35. The zero-order chi connectivity index (χ0) is 18.2. The normalized spacial score (nSPS) is 16.9. The summed E-state index contributed by atoms with van der Waals surface area (Å²) in [5.41, 5.74) is 0.341. The fourth-order valence-corrected chi connectivity index (χ4v) is 3.54. The zero-order valence-corrected chi connectivity index (χ0v) is 14.9. The van der Waals surface area contributed by atoms with Crippen LogP contribution in [-0.2, 0) is 21.4 Å². The largest absolute Gasteiger partial charge is 0.479 e. The first-order valence-corrected chi connectivity index (χ1v) is 9.24. The highest BCUT2D eigenvalue weighted by Crippen LogP contribution is 2.31. The van der Waals surface area contributed by atoms with Gasteiger partial charge in [-0.2, -0.15) is 5.10 Å². The highest BCUT2D eigenvalue weighted by molar-refractivity contribution is 7.89. The number of anilines is 1. The Labute approximate surface area is 145 Å². The van der Waals surface area contributed by atoms with Crippen LogP contribution in [0, 0.1) is 13.8 Å². The van der Waals surface area contributed by atoms with Crippen molar-refractivity contribution in [2.75, 3.05) is 11.9 Å². The first kappa shape index (κ1) is 17.4. The molecule has 0 radical (unpaired) electrons. The molecule has 0 aliphatic carbocycles. The van der Waals surface area contributed by atoms with Crippen molar-refractivity contribution in [2.45, 2.75) is 38.3 Å². The minimum absolute atomic E-state index is 0.0520. The maximum atomic E-state index is 12.4. The summed E-state index contributed by atoms with van der Waals surface area (Å²) in [5, 5.41) is 6.82. The van der Waals surface area contributed by atoms with Crippen molar-refractivity contribution in [1.82, 2.24) is 19.5 Å². The lowest BCUT2D eigenvalue weighted by atomic mass is 10.2. The molecule has 1 aromatic carbocycles. The van der Waals surface area contributed by atoms with E-state index in [9.17, 15) is 13.2 Å². The van der Waals surface area contributed by atoms with Gasteiger partial charge in [-0.05, 0) is 39.0 Å². The number of carbonyl (C=O) groups is 1. The lowest BCUT2D eigenvalue weighted by Gasteiger charge is -2.23. The molecule has 2 aromatic rings. The number of hydrogen-bond acceptors (Lipinski definition) is 6. The molecule has 1 aliphatic heterocycles. The van der Waals surface area contributed by atoms with Crippen molar-refractivity contribution in [3.63, 3.8) is 0 Å². The molecule has 10 heteroatoms. The van der Waals surface area contributed by atoms with Crippen LogP contribution in [0.15, 0.2) is 23.1 Å². The van der Waals surface area contributed by atoms with Crippen LogP contribution in [0.1, 0.15) is 18.6 Å². The molecule has 0 spiro atoms. The summed E-state index contributed by atoms with van der Waals surface area (Å²) in [6.45, 7) is 5.75. The minimum Gasteiger partial charge on any atom is -0.479 e. The predicted molar refractivity (Wildman–Crippen MR) is 89.8 cm³/mol. The SMILES string of the molecule is Cc1nc(C)n(CCNS(=O)(=O)c2ccc3c(c2)NC(=O)C(C)O3)n1. The topological polar surface area (TPSA) is 115 Å². The standard InChI is InChI=1S/C15H19N5O4S/c1-9-15(21)18-13-8-12(4-5-14(13)24-9)25(22,23)16-6-7-20-11(3)17-10(2)19-20/h4-5,8-9,16H,6-7H2,1-3H3,(H,18,21). The van der Waals surface area contributed by atoms with E-state index in [2.05, 4.69) is 20.1 Å².